The SMILES string of the molecule is COC(=O)C(N)Cc1ccnc(Br)c1. The maximum atomic E-state index is 11.0. The molecule has 1 aromatic rings. The van der Waals surface area contributed by atoms with Gasteiger partial charge in [-0.05, 0) is 40.0 Å². The quantitative estimate of drug-likeness (QED) is 0.646. The van der Waals surface area contributed by atoms with Gasteiger partial charge in [-0.25, -0.2) is 4.98 Å². The molecule has 76 valence electrons. The largest absolute Gasteiger partial charge is 0.468 e. The summed E-state index contributed by atoms with van der Waals surface area (Å²) in [6, 6.07) is 3.02. The fraction of sp³-hybridized carbons (Fsp3) is 0.333. The monoisotopic (exact) mass is 258 g/mol. The standard InChI is InChI=1S/C9H11BrN2O2/c1-14-9(13)7(11)4-6-2-3-12-8(10)5-6/h2-3,5,7H,4,11H2,1H3. The van der Waals surface area contributed by atoms with Gasteiger partial charge in [-0.3, -0.25) is 4.79 Å². The number of hydrogen-bond donors (Lipinski definition) is 1. The van der Waals surface area contributed by atoms with Crippen molar-refractivity contribution < 1.29 is 9.53 Å². The van der Waals surface area contributed by atoms with Crippen LogP contribution >= 0.6 is 15.9 Å². The van der Waals surface area contributed by atoms with Gasteiger partial charge in [0.1, 0.15) is 10.6 Å². The van der Waals surface area contributed by atoms with Crippen LogP contribution in [-0.4, -0.2) is 24.1 Å². The molecule has 2 N–H and O–H groups in total. The summed E-state index contributed by atoms with van der Waals surface area (Å²) >= 11 is 3.24. The van der Waals surface area contributed by atoms with Gasteiger partial charge >= 0.3 is 5.97 Å². The number of carbonyl (C=O) groups is 1. The van der Waals surface area contributed by atoms with Gasteiger partial charge in [0.05, 0.1) is 7.11 Å². The Morgan fingerprint density at radius 3 is 3.07 bits per heavy atom. The molecule has 0 aliphatic carbocycles. The van der Waals surface area contributed by atoms with Crippen LogP contribution in [0.1, 0.15) is 5.56 Å². The number of esters is 1. The first-order valence-electron chi connectivity index (χ1n) is 4.07. The van der Waals surface area contributed by atoms with E-state index in [1.807, 2.05) is 12.1 Å². The first kappa shape index (κ1) is 11.1. The number of aromatic nitrogens is 1. The number of nitrogens with two attached hydrogens (primary N) is 1. The zero-order valence-corrected chi connectivity index (χ0v) is 9.32. The fourth-order valence-corrected chi connectivity index (χ4v) is 1.47. The molecule has 0 fully saturated rings. The predicted molar refractivity (Wildman–Crippen MR) is 55.6 cm³/mol. The number of ether oxygens (including phenoxy) is 1. The molecule has 0 saturated carbocycles. The summed E-state index contributed by atoms with van der Waals surface area (Å²) in [5.41, 5.74) is 6.55. The van der Waals surface area contributed by atoms with E-state index in [4.69, 9.17) is 5.73 Å². The lowest BCUT2D eigenvalue weighted by Crippen LogP contribution is -2.33. The van der Waals surface area contributed by atoms with E-state index in [-0.39, 0.29) is 0 Å². The topological polar surface area (TPSA) is 65.2 Å². The molecule has 0 amide bonds. The van der Waals surface area contributed by atoms with Gasteiger partial charge in [-0.15, -0.1) is 0 Å². The maximum absolute atomic E-state index is 11.0. The van der Waals surface area contributed by atoms with Crippen molar-refractivity contribution in [2.24, 2.45) is 5.73 Å². The zero-order valence-electron chi connectivity index (χ0n) is 7.74. The summed E-state index contributed by atoms with van der Waals surface area (Å²) in [7, 11) is 1.32. The van der Waals surface area contributed by atoms with E-state index in [0.717, 1.165) is 10.2 Å². The average Bonchev–Trinajstić information content (AvgIpc) is 2.16. The third kappa shape index (κ3) is 3.08. The first-order valence-corrected chi connectivity index (χ1v) is 4.86. The van der Waals surface area contributed by atoms with E-state index in [1.54, 1.807) is 6.20 Å². The molecule has 0 aliphatic heterocycles. The van der Waals surface area contributed by atoms with Crippen LogP contribution < -0.4 is 5.73 Å². The molecule has 1 heterocycles. The third-order valence-corrected chi connectivity index (χ3v) is 2.18. The van der Waals surface area contributed by atoms with Crippen LogP contribution in [0.2, 0.25) is 0 Å². The van der Waals surface area contributed by atoms with Gasteiger partial charge in [0.15, 0.2) is 0 Å². The molecule has 0 bridgehead atoms. The molecule has 1 rings (SSSR count). The Kier molecular flexibility index (Phi) is 4.03. The minimum absolute atomic E-state index is 0.405. The number of methoxy groups -OCH3 is 1. The molecule has 14 heavy (non-hydrogen) atoms. The zero-order chi connectivity index (χ0) is 10.6. The lowest BCUT2D eigenvalue weighted by atomic mass is 10.1. The van der Waals surface area contributed by atoms with Crippen LogP contribution in [0.15, 0.2) is 22.9 Å². The van der Waals surface area contributed by atoms with Crippen LogP contribution in [0.5, 0.6) is 0 Å². The molecule has 0 radical (unpaired) electrons. The van der Waals surface area contributed by atoms with Crippen LogP contribution in [0.25, 0.3) is 0 Å². The Morgan fingerprint density at radius 2 is 2.50 bits per heavy atom. The third-order valence-electron chi connectivity index (χ3n) is 1.75. The number of halogens is 1. The molecule has 1 atom stereocenters. The van der Waals surface area contributed by atoms with Crippen molar-refractivity contribution in [2.45, 2.75) is 12.5 Å². The second-order valence-electron chi connectivity index (χ2n) is 2.82. The number of pyridine rings is 1. The Labute approximate surface area is 90.6 Å². The molecular weight excluding hydrogens is 248 g/mol. The highest BCUT2D eigenvalue weighted by Crippen LogP contribution is 2.09. The fourth-order valence-electron chi connectivity index (χ4n) is 1.06. The molecule has 1 aromatic heterocycles. The second kappa shape index (κ2) is 5.07. The smallest absolute Gasteiger partial charge is 0.322 e. The Hall–Kier alpha value is -0.940. The lowest BCUT2D eigenvalue weighted by molar-refractivity contribution is -0.142. The van der Waals surface area contributed by atoms with Crippen molar-refractivity contribution in [2.75, 3.05) is 7.11 Å². The van der Waals surface area contributed by atoms with Crippen LogP contribution in [0, 0.1) is 0 Å². The van der Waals surface area contributed by atoms with Crippen molar-refractivity contribution in [1.82, 2.24) is 4.98 Å². The van der Waals surface area contributed by atoms with Gasteiger partial charge in [0.25, 0.3) is 0 Å². The summed E-state index contributed by atoms with van der Waals surface area (Å²) in [6.07, 6.45) is 2.11. The van der Waals surface area contributed by atoms with Crippen molar-refractivity contribution >= 4 is 21.9 Å². The first-order chi connectivity index (χ1) is 6.63. The molecule has 0 saturated heterocycles. The Morgan fingerprint density at radius 1 is 1.79 bits per heavy atom. The van der Waals surface area contributed by atoms with Crippen LogP contribution in [0.3, 0.4) is 0 Å². The molecule has 0 aromatic carbocycles. The van der Waals surface area contributed by atoms with E-state index in [9.17, 15) is 4.79 Å². The maximum Gasteiger partial charge on any atom is 0.322 e. The minimum atomic E-state index is -0.616. The normalized spacial score (nSPS) is 12.2. The summed E-state index contributed by atoms with van der Waals surface area (Å²) in [5, 5.41) is 0. The van der Waals surface area contributed by atoms with Crippen molar-refractivity contribution in [3.8, 4) is 0 Å². The van der Waals surface area contributed by atoms with Crippen molar-refractivity contribution in [1.29, 1.82) is 0 Å². The highest BCUT2D eigenvalue weighted by atomic mass is 79.9. The van der Waals surface area contributed by atoms with E-state index in [1.165, 1.54) is 7.11 Å². The highest BCUT2D eigenvalue weighted by Gasteiger charge is 2.14. The van der Waals surface area contributed by atoms with E-state index < -0.39 is 12.0 Å². The molecule has 1 unspecified atom stereocenters. The van der Waals surface area contributed by atoms with Gasteiger partial charge in [0, 0.05) is 6.20 Å². The summed E-state index contributed by atoms with van der Waals surface area (Å²) in [4.78, 5) is 15.0. The van der Waals surface area contributed by atoms with Gasteiger partial charge in [-0.1, -0.05) is 0 Å². The molecular formula is C9H11BrN2O2. The minimum Gasteiger partial charge on any atom is -0.468 e. The summed E-state index contributed by atoms with van der Waals surface area (Å²) in [5.74, 6) is -0.405. The van der Waals surface area contributed by atoms with E-state index >= 15 is 0 Å². The Bertz CT molecular complexity index is 330. The van der Waals surface area contributed by atoms with Crippen LogP contribution in [-0.2, 0) is 16.0 Å². The van der Waals surface area contributed by atoms with Gasteiger partial charge < -0.3 is 10.5 Å². The Balaban J connectivity index is 2.64. The van der Waals surface area contributed by atoms with E-state index in [2.05, 4.69) is 25.7 Å². The van der Waals surface area contributed by atoms with Gasteiger partial charge in [0.2, 0.25) is 0 Å². The van der Waals surface area contributed by atoms with Crippen molar-refractivity contribution in [3.05, 3.63) is 28.5 Å². The molecule has 0 aliphatic rings. The van der Waals surface area contributed by atoms with Crippen LogP contribution in [0.4, 0.5) is 0 Å². The predicted octanol–water partition coefficient (Wildman–Crippen LogP) is 0.887. The van der Waals surface area contributed by atoms with E-state index in [0.29, 0.717) is 6.42 Å². The lowest BCUT2D eigenvalue weighted by Gasteiger charge is -2.08. The highest BCUT2D eigenvalue weighted by molar-refractivity contribution is 9.10. The molecule has 4 nitrogen and oxygen atoms in total. The number of hydrogen-bond acceptors (Lipinski definition) is 4. The summed E-state index contributed by atoms with van der Waals surface area (Å²) in [6.45, 7) is 0. The second-order valence-corrected chi connectivity index (χ2v) is 3.63. The van der Waals surface area contributed by atoms with Gasteiger partial charge in [-0.2, -0.15) is 0 Å². The molecule has 0 spiro atoms. The summed E-state index contributed by atoms with van der Waals surface area (Å²) < 4.78 is 5.25. The number of carbonyl (C=O) groups excluding carboxylic acids is 1. The molecule has 5 heteroatoms. The average molecular weight is 259 g/mol. The number of nitrogens with zero attached hydrogens (tertiary/aromatic N) is 1. The van der Waals surface area contributed by atoms with Crippen molar-refractivity contribution in [3.63, 3.8) is 0 Å². The number of rotatable bonds is 3.